The number of amides is 1. The molecule has 368 valence electrons. The van der Waals surface area contributed by atoms with Crippen LogP contribution in [0.1, 0.15) is 120 Å². The number of pyridine rings is 3. The van der Waals surface area contributed by atoms with E-state index in [1.165, 1.54) is 48.5 Å². The molecule has 2 aromatic carbocycles. The standard InChI is InChI=1S/C29H33FN4O4S.C24H28FNO3.4H2/c1-17(2)16-38-21-13-19(12-20(30)14-21)24-10-9-22(27(32-24)23-11-18(3)15-29(23,4)5)28(35)34-39(36,37)26-8-6-7-25(31)33-26;1-14(2)13-29-18-10-16(9-17(25)11-18)21-7-6-19(23(27)28)22(26-21)20-8-15(3)12-24(20,4)5;;;;/h6-14,17-18H,15-16H2,1-5H3,(H2,31,33)(H,34,35);6-11,14-15H,12-13H2,1-5H3,(H,27,28);4*1H. The molecular weight excluding hydrogens is 889 g/mol. The van der Waals surface area contributed by atoms with E-state index in [1.807, 2.05) is 47.6 Å². The van der Waals surface area contributed by atoms with Crippen molar-refractivity contribution < 1.29 is 47.1 Å². The lowest BCUT2D eigenvalue weighted by molar-refractivity contribution is 0.0695. The van der Waals surface area contributed by atoms with Gasteiger partial charge in [-0.15, -0.1) is 0 Å². The molecule has 2 aliphatic carbocycles. The number of halogens is 2. The Labute approximate surface area is 404 Å². The van der Waals surface area contributed by atoms with E-state index in [2.05, 4.69) is 48.5 Å². The van der Waals surface area contributed by atoms with E-state index in [4.69, 9.17) is 20.2 Å². The van der Waals surface area contributed by atoms with Crippen LogP contribution in [0, 0.1) is 46.1 Å². The van der Waals surface area contributed by atoms with Crippen molar-refractivity contribution in [2.24, 2.45) is 34.5 Å². The number of nitrogens with two attached hydrogens (primary N) is 1. The molecule has 3 heterocycles. The molecule has 2 atom stereocenters. The van der Waals surface area contributed by atoms with Gasteiger partial charge in [-0.25, -0.2) is 33.2 Å². The van der Waals surface area contributed by atoms with Gasteiger partial charge in [0.1, 0.15) is 29.0 Å². The number of benzene rings is 2. The third-order valence-corrected chi connectivity index (χ3v) is 12.8. The van der Waals surface area contributed by atoms with Crippen molar-refractivity contribution in [3.8, 4) is 34.0 Å². The highest BCUT2D eigenvalue weighted by Gasteiger charge is 2.37. The molecule has 0 saturated carbocycles. The SMILES string of the molecule is CC(C)COc1cc(F)cc(-c2ccc(C(=O)NS(=O)(=O)c3cccc(N)n3)c(C3=CC(C)CC3(C)C)n2)c1.CC(C)COc1cc(F)cc(-c2ccc(C(=O)O)c(C3=CC(C)CC3(C)C)n2)c1.[HH].[HH].[HH].[HH]. The number of anilines is 1. The number of carboxylic acid groups (broad SMARTS) is 1. The Morgan fingerprint density at radius 3 is 1.60 bits per heavy atom. The van der Waals surface area contributed by atoms with Crippen LogP contribution in [0.15, 0.2) is 96.0 Å². The van der Waals surface area contributed by atoms with E-state index in [9.17, 15) is 31.9 Å². The van der Waals surface area contributed by atoms with E-state index in [-0.39, 0.29) is 50.3 Å². The number of ether oxygens (including phenoxy) is 2. The molecule has 0 bridgehead atoms. The largest absolute Gasteiger partial charge is 0.493 e. The van der Waals surface area contributed by atoms with Crippen LogP contribution in [0.3, 0.4) is 0 Å². The van der Waals surface area contributed by atoms with Gasteiger partial charge >= 0.3 is 5.97 Å². The molecule has 2 unspecified atom stereocenters. The van der Waals surface area contributed by atoms with Gasteiger partial charge in [0.2, 0.25) is 0 Å². The third-order valence-electron chi connectivity index (χ3n) is 11.5. The van der Waals surface area contributed by atoms with Crippen LogP contribution in [0.4, 0.5) is 14.6 Å². The summed E-state index contributed by atoms with van der Waals surface area (Å²) < 4.78 is 68.1. The molecule has 2 aliphatic rings. The number of carbonyl (C=O) groups is 2. The minimum absolute atomic E-state index is 0. The number of aromatic carboxylic acids is 1. The molecule has 0 aliphatic heterocycles. The average Bonchev–Trinajstić information content (AvgIpc) is 3.70. The van der Waals surface area contributed by atoms with Gasteiger partial charge in [-0.05, 0) is 119 Å². The average molecular weight is 958 g/mol. The molecule has 5 aromatic rings. The van der Waals surface area contributed by atoms with Crippen LogP contribution in [0.5, 0.6) is 11.5 Å². The Kier molecular flexibility index (Phi) is 15.3. The summed E-state index contributed by atoms with van der Waals surface area (Å²) in [6.45, 7) is 21.4. The topological polar surface area (TPSA) is 184 Å². The number of sulfonamides is 1. The van der Waals surface area contributed by atoms with Crippen molar-refractivity contribution in [3.63, 3.8) is 0 Å². The number of hydrogen-bond acceptors (Lipinski definition) is 10. The van der Waals surface area contributed by atoms with Gasteiger partial charge in [-0.1, -0.05) is 87.5 Å². The Balaban J connectivity index is 0.000000485. The Morgan fingerprint density at radius 2 is 1.19 bits per heavy atom. The van der Waals surface area contributed by atoms with Crippen molar-refractivity contribution in [2.45, 2.75) is 87.1 Å². The summed E-state index contributed by atoms with van der Waals surface area (Å²) in [4.78, 5) is 38.5. The summed E-state index contributed by atoms with van der Waals surface area (Å²) in [7, 11) is -4.30. The monoisotopic (exact) mass is 957 g/mol. The van der Waals surface area contributed by atoms with Gasteiger partial charge in [0, 0.05) is 29.0 Å². The Bertz CT molecular complexity index is 2920. The highest BCUT2D eigenvalue weighted by molar-refractivity contribution is 7.90. The number of allylic oxidation sites excluding steroid dienone is 4. The second-order valence-corrected chi connectivity index (χ2v) is 21.5. The number of aromatic nitrogens is 3. The maximum atomic E-state index is 14.5. The molecular formula is C53H69F2N5O7S. The van der Waals surface area contributed by atoms with Crippen molar-refractivity contribution >= 4 is 38.9 Å². The van der Waals surface area contributed by atoms with E-state index in [0.29, 0.717) is 70.5 Å². The molecule has 15 heteroatoms. The maximum Gasteiger partial charge on any atom is 0.337 e. The molecule has 68 heavy (non-hydrogen) atoms. The molecule has 3 aromatic heterocycles. The zero-order chi connectivity index (χ0) is 49.9. The smallest absolute Gasteiger partial charge is 0.337 e. The van der Waals surface area contributed by atoms with E-state index in [0.717, 1.165) is 24.0 Å². The second-order valence-electron chi connectivity index (χ2n) is 19.9. The summed E-state index contributed by atoms with van der Waals surface area (Å²) in [5.74, 6) is -0.800. The highest BCUT2D eigenvalue weighted by Crippen LogP contribution is 2.48. The Hall–Kier alpha value is -6.48. The molecule has 7 rings (SSSR count). The zero-order valence-corrected chi connectivity index (χ0v) is 41.1. The van der Waals surface area contributed by atoms with Crippen LogP contribution in [-0.4, -0.2) is 53.6 Å². The first-order chi connectivity index (χ1) is 31.8. The number of nitrogens with one attached hydrogen (secondary N) is 1. The van der Waals surface area contributed by atoms with Gasteiger partial charge in [0.25, 0.3) is 15.9 Å². The van der Waals surface area contributed by atoms with E-state index >= 15 is 0 Å². The van der Waals surface area contributed by atoms with Crippen LogP contribution < -0.4 is 19.9 Å². The molecule has 0 fully saturated rings. The minimum atomic E-state index is -4.30. The van der Waals surface area contributed by atoms with E-state index in [1.54, 1.807) is 30.3 Å². The van der Waals surface area contributed by atoms with Gasteiger partial charge in [-0.3, -0.25) is 4.79 Å². The lowest BCUT2D eigenvalue weighted by atomic mass is 9.82. The first-order valence-electron chi connectivity index (χ1n) is 22.7. The van der Waals surface area contributed by atoms with Crippen LogP contribution in [0.25, 0.3) is 33.7 Å². The molecule has 0 saturated heterocycles. The number of carboxylic acids is 1. The number of rotatable bonds is 14. The quantitative estimate of drug-likeness (QED) is 0.0962. The summed E-state index contributed by atoms with van der Waals surface area (Å²) >= 11 is 0. The van der Waals surface area contributed by atoms with Crippen LogP contribution in [-0.2, 0) is 10.0 Å². The highest BCUT2D eigenvalue weighted by atomic mass is 32.2. The van der Waals surface area contributed by atoms with Gasteiger partial charge in [0.15, 0.2) is 5.03 Å². The minimum Gasteiger partial charge on any atom is -0.493 e. The molecule has 0 radical (unpaired) electrons. The lowest BCUT2D eigenvalue weighted by Crippen LogP contribution is -2.32. The van der Waals surface area contributed by atoms with Gasteiger partial charge < -0.3 is 20.3 Å². The predicted molar refractivity (Wildman–Crippen MR) is 270 cm³/mol. The number of nitrogen functional groups attached to an aromatic ring is 1. The maximum absolute atomic E-state index is 14.5. The molecule has 12 nitrogen and oxygen atoms in total. The molecule has 1 amide bonds. The van der Waals surface area contributed by atoms with Crippen molar-refractivity contribution in [3.05, 3.63) is 125 Å². The van der Waals surface area contributed by atoms with Crippen LogP contribution >= 0.6 is 0 Å². The third kappa shape index (κ3) is 12.3. The Morgan fingerprint density at radius 1 is 0.735 bits per heavy atom. The lowest BCUT2D eigenvalue weighted by Gasteiger charge is -2.24. The van der Waals surface area contributed by atoms with Crippen LogP contribution in [0.2, 0.25) is 0 Å². The fourth-order valence-corrected chi connectivity index (χ4v) is 9.64. The summed E-state index contributed by atoms with van der Waals surface area (Å²) in [5, 5.41) is 9.32. The summed E-state index contributed by atoms with van der Waals surface area (Å²) in [6, 6.07) is 19.2. The number of hydrogen-bond donors (Lipinski definition) is 3. The first kappa shape index (κ1) is 50.9. The fraction of sp³-hybridized carbons (Fsp3) is 0.377. The number of carbonyl (C=O) groups excluding carboxylic acids is 1. The van der Waals surface area contributed by atoms with Crippen molar-refractivity contribution in [2.75, 3.05) is 18.9 Å². The zero-order valence-electron chi connectivity index (χ0n) is 40.3. The summed E-state index contributed by atoms with van der Waals surface area (Å²) in [6.07, 6.45) is 5.90. The van der Waals surface area contributed by atoms with Crippen molar-refractivity contribution in [1.82, 2.24) is 19.7 Å². The number of nitrogens with zero attached hydrogens (tertiary/aromatic N) is 3. The summed E-state index contributed by atoms with van der Waals surface area (Å²) in [5.41, 5.74) is 9.88. The van der Waals surface area contributed by atoms with E-state index < -0.39 is 33.5 Å². The first-order valence-corrected chi connectivity index (χ1v) is 24.2. The predicted octanol–water partition coefficient (Wildman–Crippen LogP) is 12.5. The normalized spacial score (nSPS) is 17.3. The second kappa shape index (κ2) is 20.4. The van der Waals surface area contributed by atoms with Gasteiger partial charge in [-0.2, -0.15) is 8.42 Å². The van der Waals surface area contributed by atoms with Gasteiger partial charge in [0.05, 0.1) is 47.1 Å². The molecule has 0 spiro atoms. The van der Waals surface area contributed by atoms with Crippen molar-refractivity contribution in [1.29, 1.82) is 0 Å². The molecule has 4 N–H and O–H groups in total. The fourth-order valence-electron chi connectivity index (χ4n) is 8.70.